The Morgan fingerprint density at radius 3 is 2.31 bits per heavy atom. The Bertz CT molecular complexity index is 1830. The van der Waals surface area contributed by atoms with Crippen molar-refractivity contribution in [3.05, 3.63) is 138 Å². The molecule has 0 unspecified atom stereocenters. The standard InChI is InChI=1S/C34H31N3O4S/c1-25-13-19-32(20-14-25)42(39,40)37(30-11-5-7-26(2)21-30)23-34(38)36-35-22-27-15-17-31(18-16-27)41-24-29-10-6-9-28-8-3-4-12-33(28)29/h3-22H,23-24H2,1-2H3,(H,36,38)/b35-22-. The summed E-state index contributed by atoms with van der Waals surface area (Å²) < 4.78 is 34.1. The van der Waals surface area contributed by atoms with Crippen molar-refractivity contribution in [3.8, 4) is 5.75 Å². The topological polar surface area (TPSA) is 88.1 Å². The summed E-state index contributed by atoms with van der Waals surface area (Å²) in [6, 6.07) is 35.2. The van der Waals surface area contributed by atoms with Crippen molar-refractivity contribution in [3.63, 3.8) is 0 Å². The van der Waals surface area contributed by atoms with E-state index in [4.69, 9.17) is 4.74 Å². The van der Waals surface area contributed by atoms with Gasteiger partial charge in [-0.05, 0) is 89.8 Å². The van der Waals surface area contributed by atoms with Crippen molar-refractivity contribution >= 4 is 38.6 Å². The van der Waals surface area contributed by atoms with E-state index in [9.17, 15) is 13.2 Å². The van der Waals surface area contributed by atoms with Gasteiger partial charge in [0.15, 0.2) is 0 Å². The van der Waals surface area contributed by atoms with Crippen molar-refractivity contribution in [2.45, 2.75) is 25.3 Å². The SMILES string of the molecule is Cc1ccc(S(=O)(=O)N(CC(=O)N/N=C\c2ccc(OCc3cccc4ccccc34)cc2)c2cccc(C)c2)cc1. The van der Waals surface area contributed by atoms with E-state index in [1.165, 1.54) is 11.6 Å². The minimum absolute atomic E-state index is 0.105. The van der Waals surface area contributed by atoms with Gasteiger partial charge in [0.2, 0.25) is 0 Å². The molecule has 0 spiro atoms. The number of sulfonamides is 1. The quantitative estimate of drug-likeness (QED) is 0.154. The molecule has 0 bridgehead atoms. The van der Waals surface area contributed by atoms with E-state index in [0.717, 1.165) is 31.9 Å². The van der Waals surface area contributed by atoms with Crippen LogP contribution in [0.15, 0.2) is 125 Å². The summed E-state index contributed by atoms with van der Waals surface area (Å²) in [6.45, 7) is 3.75. The van der Waals surface area contributed by atoms with Gasteiger partial charge in [-0.2, -0.15) is 5.10 Å². The van der Waals surface area contributed by atoms with Gasteiger partial charge in [-0.15, -0.1) is 0 Å². The molecule has 7 nitrogen and oxygen atoms in total. The van der Waals surface area contributed by atoms with Crippen LogP contribution in [0, 0.1) is 13.8 Å². The number of hydrazone groups is 1. The molecule has 5 aromatic rings. The molecule has 5 aromatic carbocycles. The summed E-state index contributed by atoms with van der Waals surface area (Å²) >= 11 is 0. The molecule has 42 heavy (non-hydrogen) atoms. The Balaban J connectivity index is 1.22. The molecule has 0 aliphatic heterocycles. The fourth-order valence-corrected chi connectivity index (χ4v) is 5.92. The number of aryl methyl sites for hydroxylation is 2. The van der Waals surface area contributed by atoms with Gasteiger partial charge in [0.05, 0.1) is 16.8 Å². The fraction of sp³-hybridized carbons (Fsp3) is 0.118. The summed E-state index contributed by atoms with van der Waals surface area (Å²) in [5.74, 6) is 0.137. The zero-order chi connectivity index (χ0) is 29.5. The van der Waals surface area contributed by atoms with Gasteiger partial charge in [0.1, 0.15) is 18.9 Å². The van der Waals surface area contributed by atoms with E-state index >= 15 is 0 Å². The lowest BCUT2D eigenvalue weighted by Gasteiger charge is -2.24. The highest BCUT2D eigenvalue weighted by molar-refractivity contribution is 7.92. The van der Waals surface area contributed by atoms with Crippen LogP contribution in [-0.2, 0) is 21.4 Å². The molecule has 0 atom stereocenters. The number of anilines is 1. The molecular weight excluding hydrogens is 546 g/mol. The normalized spacial score (nSPS) is 11.5. The van der Waals surface area contributed by atoms with Crippen molar-refractivity contribution in [1.29, 1.82) is 0 Å². The lowest BCUT2D eigenvalue weighted by atomic mass is 10.1. The molecule has 0 fully saturated rings. The van der Waals surface area contributed by atoms with Gasteiger partial charge in [-0.25, -0.2) is 13.8 Å². The van der Waals surface area contributed by atoms with Gasteiger partial charge in [-0.3, -0.25) is 9.10 Å². The summed E-state index contributed by atoms with van der Waals surface area (Å²) in [7, 11) is -4.00. The summed E-state index contributed by atoms with van der Waals surface area (Å²) in [6.07, 6.45) is 1.50. The van der Waals surface area contributed by atoms with Crippen molar-refractivity contribution in [2.24, 2.45) is 5.10 Å². The van der Waals surface area contributed by atoms with Crippen LogP contribution in [0.3, 0.4) is 0 Å². The predicted molar refractivity (Wildman–Crippen MR) is 167 cm³/mol. The molecule has 0 aliphatic rings. The molecule has 0 aliphatic carbocycles. The Labute approximate surface area is 246 Å². The zero-order valence-corrected chi connectivity index (χ0v) is 24.2. The number of carbonyl (C=O) groups excluding carboxylic acids is 1. The number of benzene rings is 5. The lowest BCUT2D eigenvalue weighted by Crippen LogP contribution is -2.39. The first-order valence-corrected chi connectivity index (χ1v) is 14.9. The molecule has 212 valence electrons. The zero-order valence-electron chi connectivity index (χ0n) is 23.4. The molecule has 0 radical (unpaired) electrons. The van der Waals surface area contributed by atoms with Crippen LogP contribution in [0.25, 0.3) is 10.8 Å². The van der Waals surface area contributed by atoms with Crippen LogP contribution < -0.4 is 14.5 Å². The minimum atomic E-state index is -4.00. The second-order valence-corrected chi connectivity index (χ2v) is 11.8. The van der Waals surface area contributed by atoms with Gasteiger partial charge in [-0.1, -0.05) is 72.3 Å². The maximum Gasteiger partial charge on any atom is 0.264 e. The molecular formula is C34H31N3O4S. The minimum Gasteiger partial charge on any atom is -0.489 e. The third kappa shape index (κ3) is 6.85. The smallest absolute Gasteiger partial charge is 0.264 e. The summed E-state index contributed by atoms with van der Waals surface area (Å²) in [5, 5.41) is 6.37. The number of carbonyl (C=O) groups is 1. The first-order valence-electron chi connectivity index (χ1n) is 13.5. The third-order valence-electron chi connectivity index (χ3n) is 6.74. The first-order chi connectivity index (χ1) is 20.3. The van der Waals surface area contributed by atoms with Crippen molar-refractivity contribution in [2.75, 3.05) is 10.8 Å². The Morgan fingerprint density at radius 2 is 1.55 bits per heavy atom. The number of fused-ring (bicyclic) bond motifs is 1. The summed E-state index contributed by atoms with van der Waals surface area (Å²) in [4.78, 5) is 13.0. The van der Waals surface area contributed by atoms with E-state index in [0.29, 0.717) is 18.0 Å². The van der Waals surface area contributed by atoms with Crippen LogP contribution in [0.1, 0.15) is 22.3 Å². The van der Waals surface area contributed by atoms with E-state index in [2.05, 4.69) is 34.8 Å². The van der Waals surface area contributed by atoms with E-state index < -0.39 is 22.5 Å². The second kappa shape index (κ2) is 12.7. The predicted octanol–water partition coefficient (Wildman–Crippen LogP) is 6.38. The highest BCUT2D eigenvalue weighted by atomic mass is 32.2. The Hall–Kier alpha value is -4.95. The van der Waals surface area contributed by atoms with Crippen LogP contribution >= 0.6 is 0 Å². The van der Waals surface area contributed by atoms with Crippen LogP contribution in [0.5, 0.6) is 5.75 Å². The van der Waals surface area contributed by atoms with Gasteiger partial charge >= 0.3 is 0 Å². The molecule has 0 saturated heterocycles. The first kappa shape index (κ1) is 28.6. The number of nitrogens with zero attached hydrogens (tertiary/aromatic N) is 2. The molecule has 8 heteroatoms. The second-order valence-electron chi connectivity index (χ2n) is 9.95. The maximum atomic E-state index is 13.5. The average Bonchev–Trinajstić information content (AvgIpc) is 2.99. The average molecular weight is 578 g/mol. The highest BCUT2D eigenvalue weighted by Crippen LogP contribution is 2.25. The number of ether oxygens (including phenoxy) is 1. The van der Waals surface area contributed by atoms with E-state index in [-0.39, 0.29) is 4.90 Å². The largest absolute Gasteiger partial charge is 0.489 e. The maximum absolute atomic E-state index is 13.5. The van der Waals surface area contributed by atoms with E-state index in [1.54, 1.807) is 42.5 Å². The molecule has 0 saturated carbocycles. The molecule has 0 heterocycles. The highest BCUT2D eigenvalue weighted by Gasteiger charge is 2.27. The molecule has 5 rings (SSSR count). The number of rotatable bonds is 10. The molecule has 1 amide bonds. The van der Waals surface area contributed by atoms with Gasteiger partial charge in [0, 0.05) is 0 Å². The lowest BCUT2D eigenvalue weighted by molar-refractivity contribution is -0.119. The number of nitrogens with one attached hydrogen (secondary N) is 1. The van der Waals surface area contributed by atoms with Crippen molar-refractivity contribution in [1.82, 2.24) is 5.43 Å². The monoisotopic (exact) mass is 577 g/mol. The van der Waals surface area contributed by atoms with E-state index in [1.807, 2.05) is 62.4 Å². The summed E-state index contributed by atoms with van der Waals surface area (Å²) in [5.41, 5.74) is 6.51. The van der Waals surface area contributed by atoms with Crippen molar-refractivity contribution < 1.29 is 17.9 Å². The van der Waals surface area contributed by atoms with Crippen LogP contribution in [0.4, 0.5) is 5.69 Å². The van der Waals surface area contributed by atoms with Gasteiger partial charge in [0.25, 0.3) is 15.9 Å². The molecule has 1 N–H and O–H groups in total. The van der Waals surface area contributed by atoms with Crippen LogP contribution in [-0.4, -0.2) is 27.1 Å². The number of hydrogen-bond donors (Lipinski definition) is 1. The molecule has 0 aromatic heterocycles. The van der Waals surface area contributed by atoms with Gasteiger partial charge < -0.3 is 4.74 Å². The third-order valence-corrected chi connectivity index (χ3v) is 8.53. The van der Waals surface area contributed by atoms with Crippen LogP contribution in [0.2, 0.25) is 0 Å². The Kier molecular flexibility index (Phi) is 8.64. The number of amides is 1. The fourth-order valence-electron chi connectivity index (χ4n) is 4.51. The number of hydrogen-bond acceptors (Lipinski definition) is 5. The Morgan fingerprint density at radius 1 is 0.833 bits per heavy atom.